The fourth-order valence-corrected chi connectivity index (χ4v) is 3.38. The Hall–Kier alpha value is -2.59. The maximum absolute atomic E-state index is 12.5. The van der Waals surface area contributed by atoms with Crippen molar-refractivity contribution in [1.29, 1.82) is 0 Å². The zero-order chi connectivity index (χ0) is 16.5. The number of para-hydroxylation sites is 1. The zero-order valence-corrected chi connectivity index (χ0v) is 13.8. The van der Waals surface area contributed by atoms with Crippen LogP contribution in [0.1, 0.15) is 22.3 Å². The first-order valence-electron chi connectivity index (χ1n) is 7.88. The van der Waals surface area contributed by atoms with Gasteiger partial charge in [-0.25, -0.2) is 0 Å². The Kier molecular flexibility index (Phi) is 3.82. The lowest BCUT2D eigenvalue weighted by atomic mass is 9.98. The molecule has 2 aromatic heterocycles. The number of hydrogen-bond acceptors (Lipinski definition) is 2. The van der Waals surface area contributed by atoms with E-state index in [9.17, 15) is 4.79 Å². The lowest BCUT2D eigenvalue weighted by Crippen LogP contribution is -2.34. The summed E-state index contributed by atoms with van der Waals surface area (Å²) in [6, 6.07) is 9.50. The van der Waals surface area contributed by atoms with Crippen LogP contribution in [-0.2, 0) is 0 Å². The molecule has 0 saturated heterocycles. The van der Waals surface area contributed by atoms with Crippen molar-refractivity contribution >= 4 is 34.0 Å². The normalized spacial score (nSPS) is 14.7. The van der Waals surface area contributed by atoms with E-state index >= 15 is 0 Å². The highest BCUT2D eigenvalue weighted by molar-refractivity contribution is 6.35. The van der Waals surface area contributed by atoms with Crippen LogP contribution in [0.4, 0.5) is 0 Å². The van der Waals surface area contributed by atoms with Crippen LogP contribution in [0.25, 0.3) is 16.5 Å². The van der Waals surface area contributed by atoms with E-state index in [0.717, 1.165) is 22.3 Å². The molecular weight excluding hydrogens is 322 g/mol. The number of fused-ring (bicyclic) bond motifs is 1. The smallest absolute Gasteiger partial charge is 0.255 e. The van der Waals surface area contributed by atoms with Gasteiger partial charge in [0.1, 0.15) is 0 Å². The Bertz CT molecular complexity index is 930. The van der Waals surface area contributed by atoms with E-state index < -0.39 is 0 Å². The summed E-state index contributed by atoms with van der Waals surface area (Å²) < 4.78 is 0. The van der Waals surface area contributed by atoms with Crippen LogP contribution < -0.4 is 0 Å². The number of amides is 1. The summed E-state index contributed by atoms with van der Waals surface area (Å²) >= 11 is 6.23. The Labute approximate surface area is 144 Å². The molecule has 1 amide bonds. The topological polar surface area (TPSA) is 49.0 Å². The first-order valence-corrected chi connectivity index (χ1v) is 8.26. The van der Waals surface area contributed by atoms with E-state index in [1.54, 1.807) is 24.5 Å². The van der Waals surface area contributed by atoms with Gasteiger partial charge in [-0.3, -0.25) is 9.78 Å². The van der Waals surface area contributed by atoms with Crippen molar-refractivity contribution in [3.63, 3.8) is 0 Å². The minimum absolute atomic E-state index is 0.0281. The van der Waals surface area contributed by atoms with Gasteiger partial charge >= 0.3 is 0 Å². The van der Waals surface area contributed by atoms with E-state index in [-0.39, 0.29) is 5.91 Å². The quantitative estimate of drug-likeness (QED) is 0.763. The summed E-state index contributed by atoms with van der Waals surface area (Å²) in [5, 5.41) is 1.85. The van der Waals surface area contributed by atoms with Crippen LogP contribution in [0.3, 0.4) is 0 Å². The Morgan fingerprint density at radius 2 is 2.17 bits per heavy atom. The van der Waals surface area contributed by atoms with Gasteiger partial charge in [0.05, 0.1) is 16.1 Å². The van der Waals surface area contributed by atoms with E-state index in [1.807, 2.05) is 23.2 Å². The van der Waals surface area contributed by atoms with Gasteiger partial charge in [-0.15, -0.1) is 0 Å². The number of benzene rings is 1. The molecule has 0 aliphatic carbocycles. The maximum Gasteiger partial charge on any atom is 0.255 e. The minimum atomic E-state index is 0.0281. The van der Waals surface area contributed by atoms with Gasteiger partial charge in [-0.2, -0.15) is 0 Å². The summed E-state index contributed by atoms with van der Waals surface area (Å²) in [6.45, 7) is 1.31. The molecule has 5 heteroatoms. The van der Waals surface area contributed by atoms with Crippen molar-refractivity contribution < 1.29 is 4.79 Å². The molecule has 3 aromatic rings. The predicted molar refractivity (Wildman–Crippen MR) is 96.0 cm³/mol. The maximum atomic E-state index is 12.5. The van der Waals surface area contributed by atoms with Crippen molar-refractivity contribution in [3.05, 3.63) is 71.1 Å². The molecule has 1 aromatic carbocycles. The average molecular weight is 338 g/mol. The SMILES string of the molecule is O=C(c1cccnc1)N1CC=C(c2c[nH]c3c(Cl)cccc23)CC1. The molecule has 0 atom stereocenters. The molecule has 4 rings (SSSR count). The summed E-state index contributed by atoms with van der Waals surface area (Å²) in [6.07, 6.45) is 8.24. The molecule has 0 fully saturated rings. The third kappa shape index (κ3) is 2.59. The van der Waals surface area contributed by atoms with Crippen molar-refractivity contribution in [2.45, 2.75) is 6.42 Å². The molecule has 120 valence electrons. The third-order valence-corrected chi connectivity index (χ3v) is 4.73. The number of carbonyl (C=O) groups excluding carboxylic acids is 1. The van der Waals surface area contributed by atoms with E-state index in [0.29, 0.717) is 18.7 Å². The number of pyridine rings is 1. The number of carbonyl (C=O) groups is 1. The van der Waals surface area contributed by atoms with Gasteiger partial charge in [0.15, 0.2) is 0 Å². The first-order chi connectivity index (χ1) is 11.7. The van der Waals surface area contributed by atoms with E-state index in [2.05, 4.69) is 22.1 Å². The molecule has 0 spiro atoms. The molecule has 1 aliphatic rings. The van der Waals surface area contributed by atoms with Gasteiger partial charge in [-0.05, 0) is 30.2 Å². The number of H-pyrrole nitrogens is 1. The molecule has 0 unspecified atom stereocenters. The van der Waals surface area contributed by atoms with Crippen LogP contribution in [0.15, 0.2) is 55.0 Å². The fourth-order valence-electron chi connectivity index (χ4n) is 3.15. The molecule has 0 saturated carbocycles. The van der Waals surface area contributed by atoms with Crippen LogP contribution in [0.2, 0.25) is 5.02 Å². The summed E-state index contributed by atoms with van der Waals surface area (Å²) in [5.74, 6) is 0.0281. The Morgan fingerprint density at radius 3 is 2.92 bits per heavy atom. The van der Waals surface area contributed by atoms with E-state index in [1.165, 1.54) is 11.1 Å². The molecule has 24 heavy (non-hydrogen) atoms. The van der Waals surface area contributed by atoms with Crippen molar-refractivity contribution in [1.82, 2.24) is 14.9 Å². The van der Waals surface area contributed by atoms with Crippen molar-refractivity contribution in [2.24, 2.45) is 0 Å². The number of rotatable bonds is 2. The Balaban J connectivity index is 1.58. The summed E-state index contributed by atoms with van der Waals surface area (Å²) in [7, 11) is 0. The van der Waals surface area contributed by atoms with Crippen LogP contribution in [-0.4, -0.2) is 33.9 Å². The van der Waals surface area contributed by atoms with Crippen LogP contribution in [0, 0.1) is 0 Å². The summed E-state index contributed by atoms with van der Waals surface area (Å²) in [5.41, 5.74) is 4.01. The number of nitrogens with zero attached hydrogens (tertiary/aromatic N) is 2. The molecular formula is C19H16ClN3O. The molecule has 3 heterocycles. The van der Waals surface area contributed by atoms with Gasteiger partial charge < -0.3 is 9.88 Å². The molecule has 0 radical (unpaired) electrons. The predicted octanol–water partition coefficient (Wildman–Crippen LogP) is 4.15. The summed E-state index contributed by atoms with van der Waals surface area (Å²) in [4.78, 5) is 21.6. The number of aromatic nitrogens is 2. The second-order valence-corrected chi connectivity index (χ2v) is 6.24. The zero-order valence-electron chi connectivity index (χ0n) is 13.0. The van der Waals surface area contributed by atoms with E-state index in [4.69, 9.17) is 11.6 Å². The molecule has 0 bridgehead atoms. The molecule has 4 nitrogen and oxygen atoms in total. The monoisotopic (exact) mass is 337 g/mol. The number of aromatic amines is 1. The highest BCUT2D eigenvalue weighted by Gasteiger charge is 2.20. The van der Waals surface area contributed by atoms with Crippen LogP contribution >= 0.6 is 11.6 Å². The fraction of sp³-hybridized carbons (Fsp3) is 0.158. The number of halogens is 1. The van der Waals surface area contributed by atoms with Gasteiger partial charge in [0.2, 0.25) is 0 Å². The van der Waals surface area contributed by atoms with Crippen molar-refractivity contribution in [3.8, 4) is 0 Å². The second kappa shape index (κ2) is 6.13. The lowest BCUT2D eigenvalue weighted by Gasteiger charge is -2.26. The van der Waals surface area contributed by atoms with Gasteiger partial charge in [-0.1, -0.05) is 29.8 Å². The molecule has 1 N–H and O–H groups in total. The van der Waals surface area contributed by atoms with Crippen LogP contribution in [0.5, 0.6) is 0 Å². The second-order valence-electron chi connectivity index (χ2n) is 5.84. The largest absolute Gasteiger partial charge is 0.359 e. The highest BCUT2D eigenvalue weighted by Crippen LogP contribution is 2.32. The Morgan fingerprint density at radius 1 is 1.25 bits per heavy atom. The van der Waals surface area contributed by atoms with Gasteiger partial charge in [0, 0.05) is 42.6 Å². The van der Waals surface area contributed by atoms with Gasteiger partial charge in [0.25, 0.3) is 5.91 Å². The standard InChI is InChI=1S/C19H16ClN3O/c20-17-5-1-4-15-16(12-22-18(15)17)13-6-9-23(10-7-13)19(24)14-3-2-8-21-11-14/h1-6,8,11-12,22H,7,9-10H2. The number of hydrogen-bond donors (Lipinski definition) is 1. The first kappa shape index (κ1) is 15.0. The number of nitrogens with one attached hydrogen (secondary N) is 1. The third-order valence-electron chi connectivity index (χ3n) is 4.42. The highest BCUT2D eigenvalue weighted by atomic mass is 35.5. The average Bonchev–Trinajstić information content (AvgIpc) is 3.07. The molecule has 1 aliphatic heterocycles. The van der Waals surface area contributed by atoms with Crippen molar-refractivity contribution in [2.75, 3.05) is 13.1 Å². The minimum Gasteiger partial charge on any atom is -0.359 e. The lowest BCUT2D eigenvalue weighted by molar-refractivity contribution is 0.0772.